The Hall–Kier alpha value is -1.75. The zero-order valence-corrected chi connectivity index (χ0v) is 12.8. The molecule has 0 aliphatic heterocycles. The van der Waals surface area contributed by atoms with E-state index >= 15 is 0 Å². The molecule has 4 heteroatoms. The Balaban J connectivity index is 2.08. The summed E-state index contributed by atoms with van der Waals surface area (Å²) < 4.78 is 14.3. The zero-order valence-electron chi connectivity index (χ0n) is 12.0. The van der Waals surface area contributed by atoms with Crippen LogP contribution < -0.4 is 11.3 Å². The topological polar surface area (TPSA) is 38.0 Å². The van der Waals surface area contributed by atoms with Crippen molar-refractivity contribution in [3.8, 4) is 0 Å². The Bertz CT molecular complexity index is 774. The Morgan fingerprint density at radius 1 is 1.05 bits per heavy atom. The van der Waals surface area contributed by atoms with Crippen LogP contribution in [0.15, 0.2) is 42.5 Å². The number of hydrogen-bond acceptors (Lipinski definition) is 3. The van der Waals surface area contributed by atoms with Crippen molar-refractivity contribution in [2.24, 2.45) is 5.84 Å². The number of hydrogen-bond donors (Lipinski definition) is 2. The van der Waals surface area contributed by atoms with Gasteiger partial charge < -0.3 is 0 Å². The van der Waals surface area contributed by atoms with Crippen molar-refractivity contribution in [3.63, 3.8) is 0 Å². The summed E-state index contributed by atoms with van der Waals surface area (Å²) in [4.78, 5) is 1.09. The molecular formula is C17H17FN2S. The number of hydrazine groups is 1. The Kier molecular flexibility index (Phi) is 3.76. The maximum absolute atomic E-state index is 13.3. The summed E-state index contributed by atoms with van der Waals surface area (Å²) >= 11 is 1.57. The van der Waals surface area contributed by atoms with E-state index in [9.17, 15) is 4.39 Å². The van der Waals surface area contributed by atoms with Gasteiger partial charge in [-0.3, -0.25) is 5.84 Å². The molecule has 0 radical (unpaired) electrons. The van der Waals surface area contributed by atoms with Gasteiger partial charge in [0.1, 0.15) is 5.82 Å². The van der Waals surface area contributed by atoms with E-state index in [0.717, 1.165) is 20.5 Å². The van der Waals surface area contributed by atoms with Gasteiger partial charge >= 0.3 is 0 Å². The van der Waals surface area contributed by atoms with Crippen molar-refractivity contribution in [1.29, 1.82) is 0 Å². The molecule has 1 aromatic heterocycles. The number of fused-ring (bicyclic) bond motifs is 1. The van der Waals surface area contributed by atoms with E-state index in [2.05, 4.69) is 43.5 Å². The summed E-state index contributed by atoms with van der Waals surface area (Å²) in [6, 6.07) is 13.2. The average molecular weight is 300 g/mol. The predicted octanol–water partition coefficient (Wildman–Crippen LogP) is 4.21. The highest BCUT2D eigenvalue weighted by Gasteiger charge is 2.16. The Labute approximate surface area is 127 Å². The fourth-order valence-electron chi connectivity index (χ4n) is 2.69. The molecule has 1 heterocycles. The highest BCUT2D eigenvalue weighted by Crippen LogP contribution is 2.33. The van der Waals surface area contributed by atoms with Crippen LogP contribution in [0.25, 0.3) is 10.1 Å². The van der Waals surface area contributed by atoms with E-state index in [-0.39, 0.29) is 11.9 Å². The first-order chi connectivity index (χ1) is 10.1. The van der Waals surface area contributed by atoms with Crippen LogP contribution in [0, 0.1) is 19.7 Å². The monoisotopic (exact) mass is 300 g/mol. The SMILES string of the molecule is Cc1cc(C)cc(C(NN)c2cc3ccc(F)cc3s2)c1. The predicted molar refractivity (Wildman–Crippen MR) is 86.9 cm³/mol. The van der Waals surface area contributed by atoms with E-state index in [1.807, 2.05) is 0 Å². The summed E-state index contributed by atoms with van der Waals surface area (Å²) in [7, 11) is 0. The lowest BCUT2D eigenvalue weighted by Crippen LogP contribution is -2.28. The van der Waals surface area contributed by atoms with Gasteiger partial charge in [-0.1, -0.05) is 35.4 Å². The molecule has 0 aliphatic rings. The summed E-state index contributed by atoms with van der Waals surface area (Å²) in [5, 5.41) is 1.04. The molecular weight excluding hydrogens is 283 g/mol. The van der Waals surface area contributed by atoms with Crippen LogP contribution in [0.5, 0.6) is 0 Å². The Morgan fingerprint density at radius 2 is 1.76 bits per heavy atom. The van der Waals surface area contributed by atoms with Gasteiger partial charge in [-0.25, -0.2) is 9.82 Å². The summed E-state index contributed by atoms with van der Waals surface area (Å²) in [6.45, 7) is 4.15. The third-order valence-electron chi connectivity index (χ3n) is 3.53. The number of thiophene rings is 1. The van der Waals surface area contributed by atoms with Gasteiger partial charge in [-0.15, -0.1) is 11.3 Å². The molecule has 0 saturated heterocycles. The standard InChI is InChI=1S/C17H17FN2S/c1-10-5-11(2)7-13(6-10)17(20-19)16-8-12-3-4-14(18)9-15(12)21-16/h3-9,17,20H,19H2,1-2H3. The average Bonchev–Trinajstić information content (AvgIpc) is 2.81. The van der Waals surface area contributed by atoms with Crippen LogP contribution in [0.2, 0.25) is 0 Å². The van der Waals surface area contributed by atoms with E-state index in [0.29, 0.717) is 0 Å². The van der Waals surface area contributed by atoms with Gasteiger partial charge in [0.2, 0.25) is 0 Å². The van der Waals surface area contributed by atoms with E-state index in [1.54, 1.807) is 23.5 Å². The largest absolute Gasteiger partial charge is 0.271 e. The van der Waals surface area contributed by atoms with E-state index in [4.69, 9.17) is 5.84 Å². The molecule has 2 nitrogen and oxygen atoms in total. The van der Waals surface area contributed by atoms with Crippen LogP contribution >= 0.6 is 11.3 Å². The first-order valence-corrected chi connectivity index (χ1v) is 7.62. The molecule has 3 N–H and O–H groups in total. The first kappa shape index (κ1) is 14.2. The van der Waals surface area contributed by atoms with Crippen molar-refractivity contribution in [3.05, 3.63) is 69.8 Å². The molecule has 0 saturated carbocycles. The molecule has 1 unspecified atom stereocenters. The highest BCUT2D eigenvalue weighted by atomic mass is 32.1. The minimum absolute atomic E-state index is 0.0796. The van der Waals surface area contributed by atoms with Crippen LogP contribution in [-0.4, -0.2) is 0 Å². The van der Waals surface area contributed by atoms with E-state index in [1.165, 1.54) is 17.2 Å². The lowest BCUT2D eigenvalue weighted by atomic mass is 10.0. The maximum Gasteiger partial charge on any atom is 0.124 e. The number of rotatable bonds is 3. The van der Waals surface area contributed by atoms with Crippen molar-refractivity contribution >= 4 is 21.4 Å². The number of benzene rings is 2. The highest BCUT2D eigenvalue weighted by molar-refractivity contribution is 7.19. The maximum atomic E-state index is 13.3. The second kappa shape index (κ2) is 5.56. The number of nitrogens with two attached hydrogens (primary N) is 1. The van der Waals surface area contributed by atoms with Crippen molar-refractivity contribution in [1.82, 2.24) is 5.43 Å². The lowest BCUT2D eigenvalue weighted by Gasteiger charge is -2.16. The quantitative estimate of drug-likeness (QED) is 0.561. The third kappa shape index (κ3) is 2.83. The minimum atomic E-state index is -0.209. The minimum Gasteiger partial charge on any atom is -0.271 e. The van der Waals surface area contributed by atoms with Gasteiger partial charge in [0.05, 0.1) is 6.04 Å². The Morgan fingerprint density at radius 3 is 2.43 bits per heavy atom. The normalized spacial score (nSPS) is 12.8. The van der Waals surface area contributed by atoms with Gasteiger partial charge in [0, 0.05) is 9.58 Å². The molecule has 2 aromatic carbocycles. The molecule has 0 fully saturated rings. The van der Waals surface area contributed by atoms with Crippen LogP contribution in [0.1, 0.15) is 27.6 Å². The van der Waals surface area contributed by atoms with Gasteiger partial charge in [0.25, 0.3) is 0 Å². The molecule has 0 amide bonds. The number of aryl methyl sites for hydroxylation is 2. The van der Waals surface area contributed by atoms with Gasteiger partial charge in [-0.2, -0.15) is 0 Å². The van der Waals surface area contributed by atoms with E-state index < -0.39 is 0 Å². The van der Waals surface area contributed by atoms with Gasteiger partial charge in [-0.05, 0) is 43.0 Å². The smallest absolute Gasteiger partial charge is 0.124 e. The van der Waals surface area contributed by atoms with Crippen LogP contribution in [0.4, 0.5) is 4.39 Å². The summed E-state index contributed by atoms with van der Waals surface area (Å²) in [6.07, 6.45) is 0. The number of nitrogens with one attached hydrogen (secondary N) is 1. The first-order valence-electron chi connectivity index (χ1n) is 6.80. The molecule has 21 heavy (non-hydrogen) atoms. The molecule has 3 aromatic rings. The van der Waals surface area contributed by atoms with Crippen LogP contribution in [0.3, 0.4) is 0 Å². The van der Waals surface area contributed by atoms with Crippen molar-refractivity contribution in [2.45, 2.75) is 19.9 Å². The van der Waals surface area contributed by atoms with Gasteiger partial charge in [0.15, 0.2) is 0 Å². The third-order valence-corrected chi connectivity index (χ3v) is 4.69. The lowest BCUT2D eigenvalue weighted by molar-refractivity contribution is 0.630. The molecule has 108 valence electrons. The fourth-order valence-corrected chi connectivity index (χ4v) is 3.87. The molecule has 0 bridgehead atoms. The fraction of sp³-hybridized carbons (Fsp3) is 0.176. The molecule has 0 spiro atoms. The second-order valence-electron chi connectivity index (χ2n) is 5.35. The number of halogens is 1. The van der Waals surface area contributed by atoms with Crippen molar-refractivity contribution < 1.29 is 4.39 Å². The second-order valence-corrected chi connectivity index (χ2v) is 6.47. The zero-order chi connectivity index (χ0) is 15.0. The molecule has 3 rings (SSSR count). The molecule has 1 atom stereocenters. The summed E-state index contributed by atoms with van der Waals surface area (Å²) in [5.74, 6) is 5.56. The summed E-state index contributed by atoms with van der Waals surface area (Å²) in [5.41, 5.74) is 6.42. The van der Waals surface area contributed by atoms with Crippen molar-refractivity contribution in [2.75, 3.05) is 0 Å². The van der Waals surface area contributed by atoms with Crippen LogP contribution in [-0.2, 0) is 0 Å². The molecule has 0 aliphatic carbocycles.